The van der Waals surface area contributed by atoms with Gasteiger partial charge in [0.15, 0.2) is 0 Å². The number of aromatic hydroxyl groups is 1. The Morgan fingerprint density at radius 1 is 0.895 bits per heavy atom. The van der Waals surface area contributed by atoms with Crippen LogP contribution in [0.15, 0.2) is 73.1 Å². The van der Waals surface area contributed by atoms with Crippen molar-refractivity contribution in [1.82, 2.24) is 35.1 Å². The maximum absolute atomic E-state index is 14.7. The van der Waals surface area contributed by atoms with Crippen LogP contribution in [0.4, 0.5) is 11.4 Å². The summed E-state index contributed by atoms with van der Waals surface area (Å²) in [5, 5.41) is 26.2. The molecule has 0 unspecified atom stereocenters. The fraction of sp³-hybridized carbons (Fsp3) is 0.500. The number of hydrogen-bond acceptors (Lipinski definition) is 10. The van der Waals surface area contributed by atoms with E-state index in [-0.39, 0.29) is 35.4 Å². The van der Waals surface area contributed by atoms with Gasteiger partial charge in [0.25, 0.3) is 5.91 Å². The third-order valence-corrected chi connectivity index (χ3v) is 13.2. The molecule has 13 heteroatoms. The predicted molar refractivity (Wildman–Crippen MR) is 219 cm³/mol. The number of likely N-dealkylation sites (N-methyl/N-ethyl adjacent to an activating group) is 1. The van der Waals surface area contributed by atoms with Gasteiger partial charge < -0.3 is 24.7 Å². The minimum absolute atomic E-state index is 0.146. The first-order valence-electron chi connectivity index (χ1n) is 20.7. The molecule has 0 radical (unpaired) electrons. The van der Waals surface area contributed by atoms with E-state index in [1.54, 1.807) is 24.5 Å². The van der Waals surface area contributed by atoms with Crippen LogP contribution in [0.1, 0.15) is 75.0 Å². The highest BCUT2D eigenvalue weighted by atomic mass is 16.3. The number of phenolic OH excluding ortho intramolecular Hbond substituents is 1. The molecule has 2 aromatic heterocycles. The Balaban J connectivity index is 0.820. The molecule has 4 aromatic rings. The summed E-state index contributed by atoms with van der Waals surface area (Å²) in [6.45, 7) is 8.52. The van der Waals surface area contributed by atoms with E-state index in [1.807, 2.05) is 47.8 Å². The number of benzene rings is 2. The molecule has 4 fully saturated rings. The summed E-state index contributed by atoms with van der Waals surface area (Å²) in [7, 11) is 2.00. The number of amides is 3. The fourth-order valence-corrected chi connectivity index (χ4v) is 9.62. The maximum Gasteiger partial charge on any atom is 0.250 e. The van der Waals surface area contributed by atoms with Crippen molar-refractivity contribution in [2.24, 2.45) is 5.92 Å². The zero-order valence-electron chi connectivity index (χ0n) is 33.2. The van der Waals surface area contributed by atoms with Crippen LogP contribution in [-0.4, -0.2) is 112 Å². The van der Waals surface area contributed by atoms with Crippen molar-refractivity contribution in [1.29, 1.82) is 0 Å². The molecule has 57 heavy (non-hydrogen) atoms. The Labute approximate surface area is 335 Å². The highest BCUT2D eigenvalue weighted by molar-refractivity contribution is 6.01. The monoisotopic (exact) mass is 773 g/mol. The van der Waals surface area contributed by atoms with E-state index in [2.05, 4.69) is 54.5 Å². The van der Waals surface area contributed by atoms with E-state index in [9.17, 15) is 19.5 Å². The Morgan fingerprint density at radius 2 is 1.61 bits per heavy atom. The molecule has 0 bridgehead atoms. The first-order chi connectivity index (χ1) is 27.7. The quantitative estimate of drug-likeness (QED) is 0.209. The van der Waals surface area contributed by atoms with E-state index >= 15 is 0 Å². The largest absolute Gasteiger partial charge is 0.507 e. The van der Waals surface area contributed by atoms with Gasteiger partial charge in [0.2, 0.25) is 11.8 Å². The van der Waals surface area contributed by atoms with Gasteiger partial charge in [-0.05, 0) is 113 Å². The molecule has 3 amide bonds. The van der Waals surface area contributed by atoms with E-state index in [0.29, 0.717) is 55.9 Å². The van der Waals surface area contributed by atoms with Crippen LogP contribution in [-0.2, 0) is 19.9 Å². The molecule has 1 atom stereocenters. The Morgan fingerprint density at radius 3 is 2.30 bits per heavy atom. The number of anilines is 2. The number of piperidine rings is 4. The summed E-state index contributed by atoms with van der Waals surface area (Å²) in [6.07, 6.45) is 11.2. The zero-order chi connectivity index (χ0) is 39.5. The fourth-order valence-electron chi connectivity index (χ4n) is 9.62. The number of carbonyl (C=O) groups excluding carboxylic acids is 3. The highest BCUT2D eigenvalue weighted by Crippen LogP contribution is 2.37. The van der Waals surface area contributed by atoms with Crippen LogP contribution in [0, 0.1) is 12.8 Å². The van der Waals surface area contributed by atoms with Crippen molar-refractivity contribution in [2.45, 2.75) is 82.2 Å². The van der Waals surface area contributed by atoms with Crippen LogP contribution in [0.5, 0.6) is 5.75 Å². The number of hydrogen-bond donors (Lipinski definition) is 2. The number of phenols is 1. The molecule has 8 rings (SSSR count). The number of nitrogens with zero attached hydrogens (tertiary/aromatic N) is 8. The summed E-state index contributed by atoms with van der Waals surface area (Å²) in [5.74, 6) is 0.406. The number of aryl methyl sites for hydroxylation is 1. The van der Waals surface area contributed by atoms with Crippen molar-refractivity contribution in [3.8, 4) is 17.0 Å². The van der Waals surface area contributed by atoms with Crippen LogP contribution in [0.2, 0.25) is 0 Å². The lowest BCUT2D eigenvalue weighted by Crippen LogP contribution is -2.59. The van der Waals surface area contributed by atoms with Crippen LogP contribution in [0.3, 0.4) is 0 Å². The lowest BCUT2D eigenvalue weighted by atomic mass is 9.84. The number of aromatic nitrogens is 4. The lowest BCUT2D eigenvalue weighted by Gasteiger charge is -2.46. The Bertz CT molecular complexity index is 2040. The number of likely N-dealkylation sites (tertiary alicyclic amines) is 1. The second-order valence-corrected chi connectivity index (χ2v) is 16.5. The first kappa shape index (κ1) is 38.6. The lowest BCUT2D eigenvalue weighted by molar-refractivity contribution is -0.144. The van der Waals surface area contributed by atoms with Crippen molar-refractivity contribution in [2.75, 3.05) is 62.7 Å². The van der Waals surface area contributed by atoms with Gasteiger partial charge in [-0.1, -0.05) is 24.3 Å². The van der Waals surface area contributed by atoms with Crippen LogP contribution in [0.25, 0.3) is 11.3 Å². The second kappa shape index (κ2) is 16.7. The van der Waals surface area contributed by atoms with Gasteiger partial charge in [0, 0.05) is 81.9 Å². The van der Waals surface area contributed by atoms with Gasteiger partial charge >= 0.3 is 0 Å². The Hall–Kier alpha value is -5.30. The average molecular weight is 774 g/mol. The summed E-state index contributed by atoms with van der Waals surface area (Å²) in [5.41, 5.74) is 4.58. The molecule has 0 aliphatic carbocycles. The van der Waals surface area contributed by atoms with Crippen molar-refractivity contribution in [3.05, 3.63) is 84.3 Å². The standard InChI is InChI=1S/C44H55N9O4/c1-31-13-21-46-53(31)44(19-27-52(28-20-44)36-29-39(48-45-30-36)38-5-3-4-6-40(38)54)43(57)49(2)34-17-23-50(24-18-34)22-14-32-15-25-51(26-16-32)35-9-7-33(8-10-35)37-11-12-41(55)47-42(37)56/h3-10,13,21,29-30,32,34,37,54H,11-12,14-20,22-28H2,1-2H3,(H,47,55,56)/t37-/m1/s1. The molecule has 6 heterocycles. The van der Waals surface area contributed by atoms with Crippen LogP contribution < -0.4 is 15.1 Å². The van der Waals surface area contributed by atoms with Gasteiger partial charge in [-0.25, -0.2) is 0 Å². The molecule has 2 aromatic carbocycles. The number of para-hydroxylation sites is 1. The van der Waals surface area contributed by atoms with Gasteiger partial charge in [0.1, 0.15) is 11.3 Å². The molecule has 300 valence electrons. The SMILES string of the molecule is Cc1ccnn1C1(C(=O)N(C)C2CCN(CCC3CCN(c4ccc([C@H]5CCC(=O)NC5=O)cc4)CC3)CC2)CCN(c2cnnc(-c3ccccc3O)c2)CC1. The third-order valence-electron chi connectivity index (χ3n) is 13.2. The number of imide groups is 1. The van der Waals surface area contributed by atoms with Crippen LogP contribution >= 0.6 is 0 Å². The normalized spacial score (nSPS) is 21.1. The number of nitrogens with one attached hydrogen (secondary N) is 1. The van der Waals surface area contributed by atoms with Crippen molar-refractivity contribution < 1.29 is 19.5 Å². The molecular formula is C44H55N9O4. The molecule has 0 saturated carbocycles. The maximum atomic E-state index is 14.7. The molecule has 2 N–H and O–H groups in total. The summed E-state index contributed by atoms with van der Waals surface area (Å²) >= 11 is 0. The molecule has 0 spiro atoms. The predicted octanol–water partition coefficient (Wildman–Crippen LogP) is 5.10. The number of carbonyl (C=O) groups is 3. The summed E-state index contributed by atoms with van der Waals surface area (Å²) in [4.78, 5) is 47.9. The average Bonchev–Trinajstić information content (AvgIpc) is 3.69. The van der Waals surface area contributed by atoms with Gasteiger partial charge in [-0.15, -0.1) is 0 Å². The molecular weight excluding hydrogens is 719 g/mol. The van der Waals surface area contributed by atoms with Gasteiger partial charge in [-0.3, -0.25) is 24.4 Å². The first-order valence-corrected chi connectivity index (χ1v) is 20.7. The van der Waals surface area contributed by atoms with Crippen molar-refractivity contribution in [3.63, 3.8) is 0 Å². The van der Waals surface area contributed by atoms with E-state index in [1.165, 1.54) is 24.9 Å². The zero-order valence-corrected chi connectivity index (χ0v) is 33.2. The number of rotatable bonds is 10. The van der Waals surface area contributed by atoms with E-state index < -0.39 is 5.54 Å². The smallest absolute Gasteiger partial charge is 0.250 e. The van der Waals surface area contributed by atoms with E-state index in [4.69, 9.17) is 5.10 Å². The second-order valence-electron chi connectivity index (χ2n) is 16.5. The van der Waals surface area contributed by atoms with E-state index in [0.717, 1.165) is 62.5 Å². The molecule has 4 aliphatic rings. The third kappa shape index (κ3) is 8.12. The van der Waals surface area contributed by atoms with Crippen molar-refractivity contribution >= 4 is 29.1 Å². The Kier molecular flexibility index (Phi) is 11.3. The minimum Gasteiger partial charge on any atom is -0.507 e. The molecule has 13 nitrogen and oxygen atoms in total. The summed E-state index contributed by atoms with van der Waals surface area (Å²) < 4.78 is 1.97. The summed E-state index contributed by atoms with van der Waals surface area (Å²) in [6, 6.07) is 19.6. The van der Waals surface area contributed by atoms with Gasteiger partial charge in [-0.2, -0.15) is 15.3 Å². The molecule has 4 aliphatic heterocycles. The highest BCUT2D eigenvalue weighted by Gasteiger charge is 2.47. The minimum atomic E-state index is -0.762. The topological polar surface area (TPSA) is 140 Å². The van der Waals surface area contributed by atoms with Gasteiger partial charge in [0.05, 0.1) is 23.5 Å². The molecule has 4 saturated heterocycles.